The minimum Gasteiger partial charge on any atom is -0.481 e. The Morgan fingerprint density at radius 2 is 1.23 bits per heavy atom. The maximum atomic E-state index is 14.8. The smallest absolute Gasteiger partial charge is 0.335 e. The molecule has 32 nitrogen and oxygen atoms in total. The largest absolute Gasteiger partial charge is 0.481 e. The summed E-state index contributed by atoms with van der Waals surface area (Å²) in [6, 6.07) is -18.6. The highest BCUT2D eigenvalue weighted by Crippen LogP contribution is 2.26. The lowest BCUT2D eigenvalue weighted by molar-refractivity contribution is -0.153. The minimum absolute atomic E-state index is 0.0277. The van der Waals surface area contributed by atoms with Crippen molar-refractivity contribution in [3.63, 3.8) is 0 Å². The zero-order valence-electron chi connectivity index (χ0n) is 51.1. The monoisotopic (exact) mass is 1250 g/mol. The van der Waals surface area contributed by atoms with Crippen molar-refractivity contribution in [1.82, 2.24) is 58.1 Å². The third-order valence-corrected chi connectivity index (χ3v) is 14.6. The number of carboxylic acid groups (broad SMARTS) is 4. The standard InChI is InChI=1S/C56H88N12O20/c1-25(2)17-13-11-12-14-19-35(69)62-40(29(8)54(83)84)50(79)66-42-31(10)59-47(76)34-21-28(7)24-68(34)53(82)39(27(5)6)65-49(78)41(30(9)55(85)86)63-36(70)23-58-45(74)33(22-37(71)72)61-52(81)43(44(73)56(87)88)67-46(75)32(18-15-16-20-57)60-48(77)38(26(3)4)64-51(42)80/h11-12,14,19,25-34,38-44,73H,13,15-18,20-24,57H2,1-10H3,(H,58,74)(H,59,76)(H,60,77)(H,61,81)(H,62,69)(H,63,70)(H,64,80)(H,65,78)(H,66,79)(H,67,75)(H,71,72)(H,83,84)(H,85,86)(H,87,88)/b12-11-,19-14+/t28-,29+,30+,31?,32+,33+,34+,38-,39+,40+,41-,42+,43+,44+/m1/s1. The number of nitrogens with zero attached hydrogens (tertiary/aromatic N) is 1. The number of aliphatic hydroxyl groups is 1. The lowest BCUT2D eigenvalue weighted by Gasteiger charge is -2.34. The van der Waals surface area contributed by atoms with Gasteiger partial charge in [0.1, 0.15) is 54.4 Å². The Bertz CT molecular complexity index is 2630. The lowest BCUT2D eigenvalue weighted by Crippen LogP contribution is -2.65. The molecule has 14 atom stereocenters. The first-order valence-electron chi connectivity index (χ1n) is 29.0. The first kappa shape index (κ1) is 75.5. The molecule has 0 aliphatic carbocycles. The number of carbonyl (C=O) groups excluding carboxylic acids is 11. The molecule has 32 heteroatoms. The number of aliphatic carboxylic acids is 4. The van der Waals surface area contributed by atoms with E-state index in [1.165, 1.54) is 40.7 Å². The van der Waals surface area contributed by atoms with Gasteiger partial charge in [0.2, 0.25) is 65.0 Å². The molecule has 11 amide bonds. The molecule has 17 N–H and O–H groups in total. The summed E-state index contributed by atoms with van der Waals surface area (Å²) in [4.78, 5) is 205. The predicted molar refractivity (Wildman–Crippen MR) is 310 cm³/mol. The maximum absolute atomic E-state index is 14.8. The van der Waals surface area contributed by atoms with E-state index < -0.39 is 198 Å². The Morgan fingerprint density at radius 3 is 1.78 bits per heavy atom. The number of hydrogen-bond acceptors (Lipinski definition) is 17. The van der Waals surface area contributed by atoms with E-state index >= 15 is 0 Å². The Labute approximate surface area is 508 Å². The van der Waals surface area contributed by atoms with Gasteiger partial charge in [-0.2, -0.15) is 0 Å². The van der Waals surface area contributed by atoms with Gasteiger partial charge in [-0.15, -0.1) is 0 Å². The van der Waals surface area contributed by atoms with Gasteiger partial charge >= 0.3 is 23.9 Å². The van der Waals surface area contributed by atoms with E-state index in [0.717, 1.165) is 31.2 Å². The molecule has 2 aliphatic rings. The summed E-state index contributed by atoms with van der Waals surface area (Å²) < 4.78 is 0. The number of nitrogens with two attached hydrogens (primary N) is 1. The van der Waals surface area contributed by atoms with Gasteiger partial charge in [-0.25, -0.2) is 4.79 Å². The summed E-state index contributed by atoms with van der Waals surface area (Å²) >= 11 is 0. The summed E-state index contributed by atoms with van der Waals surface area (Å²) in [5.74, 6) is -25.6. The molecule has 492 valence electrons. The molecule has 0 spiro atoms. The third-order valence-electron chi connectivity index (χ3n) is 14.6. The number of allylic oxidation sites excluding steroid dienone is 3. The summed E-state index contributed by atoms with van der Waals surface area (Å²) in [5.41, 5.74) is 5.69. The SMILES string of the molecule is CC(C)CC/C=C\C=C\C(=O)N[C@H](C(=O)N[C@@H]1C(=O)N[C@H](C(C)C)C(=O)N[C@@H](CCCCN)C(=O)N[C@@H]([C@H](O)C(=O)O)C(=O)N[C@@H](CC(=O)O)C(=O)NCC(=O)N[C@H]([C@H](C)C(=O)O)C(=O)N[C@@H](C(C)C)C(=O)N2C[C@H](C)C[C@H]2C(=O)NC1C)[C@H](C)C(=O)O. The topological polar surface area (TPSA) is 507 Å². The van der Waals surface area contributed by atoms with Gasteiger partial charge in [0, 0.05) is 12.6 Å². The average Bonchev–Trinajstić information content (AvgIpc) is 1.69. The number of rotatable bonds is 22. The first-order valence-corrected chi connectivity index (χ1v) is 29.0. The minimum atomic E-state index is -2.84. The van der Waals surface area contributed by atoms with Gasteiger partial charge in [-0.3, -0.25) is 67.1 Å². The molecule has 0 aromatic carbocycles. The number of nitrogens with one attached hydrogen (secondary N) is 10. The highest BCUT2D eigenvalue weighted by atomic mass is 16.4. The molecule has 2 aliphatic heterocycles. The van der Waals surface area contributed by atoms with Gasteiger partial charge in [0.25, 0.3) is 0 Å². The van der Waals surface area contributed by atoms with Gasteiger partial charge in [0.05, 0.1) is 30.8 Å². The average molecular weight is 1250 g/mol. The molecule has 0 radical (unpaired) electrons. The highest BCUT2D eigenvalue weighted by Gasteiger charge is 2.45. The van der Waals surface area contributed by atoms with E-state index in [4.69, 9.17) is 5.73 Å². The number of carboxylic acids is 4. The highest BCUT2D eigenvalue weighted by molar-refractivity contribution is 6.02. The van der Waals surface area contributed by atoms with Crippen molar-refractivity contribution in [2.45, 2.75) is 181 Å². The molecule has 2 rings (SSSR count). The van der Waals surface area contributed by atoms with Crippen molar-refractivity contribution in [1.29, 1.82) is 0 Å². The Kier molecular flexibility index (Phi) is 30.8. The zero-order valence-corrected chi connectivity index (χ0v) is 51.1. The van der Waals surface area contributed by atoms with Crippen LogP contribution in [-0.4, -0.2) is 205 Å². The van der Waals surface area contributed by atoms with Crippen molar-refractivity contribution < 1.29 is 97.5 Å². The quantitative estimate of drug-likeness (QED) is 0.0280. The van der Waals surface area contributed by atoms with Crippen molar-refractivity contribution >= 4 is 88.9 Å². The van der Waals surface area contributed by atoms with Crippen molar-refractivity contribution in [2.75, 3.05) is 19.6 Å². The van der Waals surface area contributed by atoms with Crippen LogP contribution in [0.4, 0.5) is 0 Å². The molecule has 1 unspecified atom stereocenters. The van der Waals surface area contributed by atoms with Crippen LogP contribution >= 0.6 is 0 Å². The van der Waals surface area contributed by atoms with Crippen LogP contribution in [-0.2, 0) is 71.9 Å². The summed E-state index contributed by atoms with van der Waals surface area (Å²) in [5, 5.41) is 73.1. The van der Waals surface area contributed by atoms with Gasteiger partial charge in [-0.1, -0.05) is 66.7 Å². The summed E-state index contributed by atoms with van der Waals surface area (Å²) in [7, 11) is 0. The van der Waals surface area contributed by atoms with Crippen LogP contribution in [0, 0.1) is 35.5 Å². The van der Waals surface area contributed by atoms with Crippen LogP contribution in [0.1, 0.15) is 114 Å². The first-order chi connectivity index (χ1) is 41.0. The number of amides is 11. The summed E-state index contributed by atoms with van der Waals surface area (Å²) in [6.07, 6.45) is 3.09. The molecule has 0 bridgehead atoms. The van der Waals surface area contributed by atoms with E-state index in [1.54, 1.807) is 19.1 Å². The van der Waals surface area contributed by atoms with E-state index in [-0.39, 0.29) is 38.8 Å². The number of fused-ring (bicyclic) bond motifs is 1. The number of aliphatic hydroxyl groups excluding tert-OH is 1. The predicted octanol–water partition coefficient (Wildman–Crippen LogP) is -3.91. The Hall–Kier alpha value is -8.55. The van der Waals surface area contributed by atoms with Crippen LogP contribution in [0.15, 0.2) is 24.3 Å². The fourth-order valence-corrected chi connectivity index (χ4v) is 9.25. The molecule has 88 heavy (non-hydrogen) atoms. The maximum Gasteiger partial charge on any atom is 0.335 e. The fraction of sp³-hybridized carbons (Fsp3) is 0.661. The molecular weight excluding hydrogens is 1160 g/mol. The Balaban J connectivity index is 2.97. The van der Waals surface area contributed by atoms with Gasteiger partial charge in [-0.05, 0) is 89.5 Å². The second kappa shape index (κ2) is 35.9. The van der Waals surface area contributed by atoms with E-state index in [2.05, 4.69) is 37.2 Å². The molecule has 2 fully saturated rings. The lowest BCUT2D eigenvalue weighted by atomic mass is 9.97. The normalized spacial score (nSPS) is 25.9. The van der Waals surface area contributed by atoms with Crippen LogP contribution in [0.3, 0.4) is 0 Å². The van der Waals surface area contributed by atoms with Crippen LogP contribution < -0.4 is 58.9 Å². The van der Waals surface area contributed by atoms with E-state index in [1.807, 2.05) is 29.8 Å². The van der Waals surface area contributed by atoms with Crippen LogP contribution in [0.2, 0.25) is 0 Å². The molecule has 0 aromatic rings. The zero-order chi connectivity index (χ0) is 67.0. The molecule has 2 heterocycles. The van der Waals surface area contributed by atoms with Crippen molar-refractivity contribution in [3.8, 4) is 0 Å². The fourth-order valence-electron chi connectivity index (χ4n) is 9.25. The summed E-state index contributed by atoms with van der Waals surface area (Å²) in [6.45, 7) is 13.8. The second-order valence-corrected chi connectivity index (χ2v) is 23.1. The van der Waals surface area contributed by atoms with E-state index in [0.29, 0.717) is 12.3 Å². The molecule has 2 saturated heterocycles. The molecular formula is C56H88N12O20. The van der Waals surface area contributed by atoms with Crippen molar-refractivity contribution in [3.05, 3.63) is 24.3 Å². The van der Waals surface area contributed by atoms with Crippen LogP contribution in [0.25, 0.3) is 0 Å². The number of hydrogen-bond donors (Lipinski definition) is 16. The number of unbranched alkanes of at least 4 members (excludes halogenated alkanes) is 1. The Morgan fingerprint density at radius 1 is 0.648 bits per heavy atom. The van der Waals surface area contributed by atoms with Gasteiger partial charge in [0.15, 0.2) is 6.10 Å². The third kappa shape index (κ3) is 23.6. The molecule has 0 saturated carbocycles. The van der Waals surface area contributed by atoms with Crippen molar-refractivity contribution in [2.24, 2.45) is 41.2 Å². The second-order valence-electron chi connectivity index (χ2n) is 23.1. The molecule has 0 aromatic heterocycles. The van der Waals surface area contributed by atoms with E-state index in [9.17, 15) is 97.5 Å². The number of carbonyl (C=O) groups is 15. The van der Waals surface area contributed by atoms with Gasteiger partial charge < -0.3 is 89.3 Å². The van der Waals surface area contributed by atoms with Crippen LogP contribution in [0.5, 0.6) is 0 Å².